The van der Waals surface area contributed by atoms with Gasteiger partial charge in [-0.15, -0.1) is 0 Å². The van der Waals surface area contributed by atoms with Crippen LogP contribution >= 0.6 is 11.6 Å². The molecule has 4 heteroatoms. The molecule has 3 nitrogen and oxygen atoms in total. The van der Waals surface area contributed by atoms with Crippen LogP contribution in [0, 0.1) is 11.3 Å². The van der Waals surface area contributed by atoms with Gasteiger partial charge in [0.1, 0.15) is 0 Å². The van der Waals surface area contributed by atoms with Gasteiger partial charge in [0, 0.05) is 11.6 Å². The van der Waals surface area contributed by atoms with Crippen molar-refractivity contribution >= 4 is 17.5 Å². The summed E-state index contributed by atoms with van der Waals surface area (Å²) >= 11 is 5.94. The number of carbonyl (C=O) groups is 1. The third-order valence-corrected chi connectivity index (χ3v) is 4.66. The average Bonchev–Trinajstić information content (AvgIpc) is 2.48. The lowest BCUT2D eigenvalue weighted by atomic mass is 9.80. The zero-order chi connectivity index (χ0) is 16.0. The van der Waals surface area contributed by atoms with Crippen LogP contribution in [0.4, 0.5) is 0 Å². The number of amides is 1. The summed E-state index contributed by atoms with van der Waals surface area (Å²) in [5.74, 6) is 0.336. The van der Waals surface area contributed by atoms with Gasteiger partial charge in [0.25, 0.3) is 0 Å². The average molecular weight is 311 g/mol. The summed E-state index contributed by atoms with van der Waals surface area (Å²) in [6.07, 6.45) is 1.49. The normalized spacial score (nSPS) is 13.3. The van der Waals surface area contributed by atoms with Crippen molar-refractivity contribution in [3.05, 3.63) is 34.9 Å². The van der Waals surface area contributed by atoms with E-state index in [0.29, 0.717) is 17.5 Å². The highest BCUT2D eigenvalue weighted by Crippen LogP contribution is 2.29. The molecule has 1 unspecified atom stereocenters. The summed E-state index contributed by atoms with van der Waals surface area (Å²) in [5, 5.41) is 3.88. The number of nitrogens with two attached hydrogens (primary N) is 1. The number of benzene rings is 1. The van der Waals surface area contributed by atoms with E-state index < -0.39 is 5.41 Å². The number of carbonyl (C=O) groups excluding carboxylic acids is 1. The molecule has 0 fully saturated rings. The van der Waals surface area contributed by atoms with Gasteiger partial charge < -0.3 is 11.1 Å². The molecule has 1 rings (SSSR count). The molecule has 0 bridgehead atoms. The summed E-state index contributed by atoms with van der Waals surface area (Å²) in [6, 6.07) is 7.62. The Labute approximate surface area is 133 Å². The van der Waals surface area contributed by atoms with E-state index in [4.69, 9.17) is 17.3 Å². The highest BCUT2D eigenvalue weighted by molar-refractivity contribution is 6.30. The van der Waals surface area contributed by atoms with E-state index >= 15 is 0 Å². The first-order valence-electron chi connectivity index (χ1n) is 7.66. The second-order valence-electron chi connectivity index (χ2n) is 5.94. The van der Waals surface area contributed by atoms with Crippen LogP contribution in [0.5, 0.6) is 0 Å². The second-order valence-corrected chi connectivity index (χ2v) is 6.37. The van der Waals surface area contributed by atoms with E-state index in [-0.39, 0.29) is 11.9 Å². The van der Waals surface area contributed by atoms with Gasteiger partial charge in [-0.3, -0.25) is 4.79 Å². The number of hydrogen-bond acceptors (Lipinski definition) is 2. The third kappa shape index (κ3) is 4.21. The Kier molecular flexibility index (Phi) is 6.69. The van der Waals surface area contributed by atoms with Crippen LogP contribution in [0.15, 0.2) is 24.3 Å². The van der Waals surface area contributed by atoms with Crippen LogP contribution < -0.4 is 11.1 Å². The van der Waals surface area contributed by atoms with E-state index in [1.54, 1.807) is 0 Å². The zero-order valence-corrected chi connectivity index (χ0v) is 14.2. The van der Waals surface area contributed by atoms with Crippen LogP contribution in [0.3, 0.4) is 0 Å². The van der Waals surface area contributed by atoms with Crippen molar-refractivity contribution in [1.82, 2.24) is 5.32 Å². The Morgan fingerprint density at radius 3 is 2.14 bits per heavy atom. The van der Waals surface area contributed by atoms with E-state index in [9.17, 15) is 4.79 Å². The maximum Gasteiger partial charge on any atom is 0.227 e. The predicted molar refractivity (Wildman–Crippen MR) is 89.2 cm³/mol. The molecule has 1 aromatic carbocycles. The smallest absolute Gasteiger partial charge is 0.227 e. The van der Waals surface area contributed by atoms with Gasteiger partial charge >= 0.3 is 0 Å². The SMILES string of the molecule is CCC(CC)(CN)C(=O)NC(c1ccc(Cl)cc1)C(C)C. The number of hydrogen-bond donors (Lipinski definition) is 2. The van der Waals surface area contributed by atoms with Crippen LogP contribution in [-0.4, -0.2) is 12.5 Å². The summed E-state index contributed by atoms with van der Waals surface area (Å²) in [7, 11) is 0. The lowest BCUT2D eigenvalue weighted by molar-refractivity contribution is -0.132. The molecule has 3 N–H and O–H groups in total. The predicted octanol–water partition coefficient (Wildman–Crippen LogP) is 3.92. The van der Waals surface area contributed by atoms with Crippen molar-refractivity contribution in [2.45, 2.75) is 46.6 Å². The van der Waals surface area contributed by atoms with Gasteiger partial charge in [0.05, 0.1) is 11.5 Å². The quantitative estimate of drug-likeness (QED) is 0.802. The summed E-state index contributed by atoms with van der Waals surface area (Å²) in [4.78, 5) is 12.7. The van der Waals surface area contributed by atoms with Crippen molar-refractivity contribution in [2.75, 3.05) is 6.54 Å². The molecule has 0 aliphatic heterocycles. The Morgan fingerprint density at radius 2 is 1.76 bits per heavy atom. The maximum atomic E-state index is 12.7. The monoisotopic (exact) mass is 310 g/mol. The van der Waals surface area contributed by atoms with Gasteiger partial charge in [-0.1, -0.05) is 51.4 Å². The topological polar surface area (TPSA) is 55.1 Å². The van der Waals surface area contributed by atoms with Crippen LogP contribution in [-0.2, 0) is 4.79 Å². The van der Waals surface area contributed by atoms with Crippen LogP contribution in [0.25, 0.3) is 0 Å². The molecular weight excluding hydrogens is 284 g/mol. The van der Waals surface area contributed by atoms with E-state index in [1.165, 1.54) is 0 Å². The molecule has 0 aromatic heterocycles. The molecule has 0 aliphatic rings. The summed E-state index contributed by atoms with van der Waals surface area (Å²) in [6.45, 7) is 8.60. The summed E-state index contributed by atoms with van der Waals surface area (Å²) in [5.41, 5.74) is 6.46. The van der Waals surface area contributed by atoms with Gasteiger partial charge in [-0.05, 0) is 36.5 Å². The van der Waals surface area contributed by atoms with Gasteiger partial charge in [-0.2, -0.15) is 0 Å². The Morgan fingerprint density at radius 1 is 1.24 bits per heavy atom. The molecule has 0 heterocycles. The first kappa shape index (κ1) is 18.0. The first-order valence-corrected chi connectivity index (χ1v) is 8.04. The molecule has 0 radical (unpaired) electrons. The van der Waals surface area contributed by atoms with Crippen LogP contribution in [0.1, 0.15) is 52.1 Å². The Balaban J connectivity index is 2.98. The summed E-state index contributed by atoms with van der Waals surface area (Å²) < 4.78 is 0. The highest BCUT2D eigenvalue weighted by atomic mass is 35.5. The molecule has 118 valence electrons. The lowest BCUT2D eigenvalue weighted by Gasteiger charge is -2.32. The zero-order valence-electron chi connectivity index (χ0n) is 13.4. The third-order valence-electron chi connectivity index (χ3n) is 4.41. The molecule has 1 aromatic rings. The Bertz CT molecular complexity index is 444. The molecule has 21 heavy (non-hydrogen) atoms. The fourth-order valence-corrected chi connectivity index (χ4v) is 2.68. The van der Waals surface area contributed by atoms with Gasteiger partial charge in [0.15, 0.2) is 0 Å². The molecular formula is C17H27ClN2O. The highest BCUT2D eigenvalue weighted by Gasteiger charge is 2.35. The van der Waals surface area contributed by atoms with Crippen molar-refractivity contribution in [3.8, 4) is 0 Å². The lowest BCUT2D eigenvalue weighted by Crippen LogP contribution is -2.47. The van der Waals surface area contributed by atoms with Crippen molar-refractivity contribution in [3.63, 3.8) is 0 Å². The fraction of sp³-hybridized carbons (Fsp3) is 0.588. The first-order chi connectivity index (χ1) is 9.90. The van der Waals surface area contributed by atoms with Crippen LogP contribution in [0.2, 0.25) is 5.02 Å². The molecule has 0 aliphatic carbocycles. The Hall–Kier alpha value is -1.06. The van der Waals surface area contributed by atoms with Gasteiger partial charge in [0.2, 0.25) is 5.91 Å². The molecule has 0 spiro atoms. The maximum absolute atomic E-state index is 12.7. The second kappa shape index (κ2) is 7.81. The minimum atomic E-state index is -0.473. The van der Waals surface area contributed by atoms with Gasteiger partial charge in [-0.25, -0.2) is 0 Å². The van der Waals surface area contributed by atoms with Crippen molar-refractivity contribution in [1.29, 1.82) is 0 Å². The molecule has 0 saturated carbocycles. The number of nitrogens with one attached hydrogen (secondary N) is 1. The fourth-order valence-electron chi connectivity index (χ4n) is 2.55. The number of halogens is 1. The van der Waals surface area contributed by atoms with E-state index in [2.05, 4.69) is 19.2 Å². The molecule has 1 atom stereocenters. The largest absolute Gasteiger partial charge is 0.349 e. The minimum Gasteiger partial charge on any atom is -0.349 e. The molecule has 1 amide bonds. The van der Waals surface area contributed by atoms with E-state index in [1.807, 2.05) is 38.1 Å². The standard InChI is InChI=1S/C17H27ClN2O/c1-5-17(6-2,11-19)16(21)20-15(12(3)4)13-7-9-14(18)10-8-13/h7-10,12,15H,5-6,11,19H2,1-4H3,(H,20,21). The molecule has 0 saturated heterocycles. The minimum absolute atomic E-state index is 0.0289. The number of rotatable bonds is 7. The van der Waals surface area contributed by atoms with E-state index in [0.717, 1.165) is 18.4 Å². The van der Waals surface area contributed by atoms with Crippen molar-refractivity contribution < 1.29 is 4.79 Å². The van der Waals surface area contributed by atoms with Crippen molar-refractivity contribution in [2.24, 2.45) is 17.1 Å².